The fourth-order valence-corrected chi connectivity index (χ4v) is 2.12. The van der Waals surface area contributed by atoms with Gasteiger partial charge in [0.2, 0.25) is 0 Å². The predicted molar refractivity (Wildman–Crippen MR) is 68.3 cm³/mol. The van der Waals surface area contributed by atoms with Crippen LogP contribution < -0.4 is 0 Å². The highest BCUT2D eigenvalue weighted by Crippen LogP contribution is 2.46. The first-order chi connectivity index (χ1) is 8.08. The summed E-state index contributed by atoms with van der Waals surface area (Å²) in [5, 5.41) is 1.05. The lowest BCUT2D eigenvalue weighted by molar-refractivity contribution is 0.101. The summed E-state index contributed by atoms with van der Waals surface area (Å²) in [5.41, 5.74) is 3.22. The number of ketones is 1. The van der Waals surface area contributed by atoms with Crippen molar-refractivity contribution in [1.29, 1.82) is 0 Å². The molecule has 2 aromatic rings. The summed E-state index contributed by atoms with van der Waals surface area (Å²) in [6, 6.07) is 9.90. The van der Waals surface area contributed by atoms with Gasteiger partial charge in [0.05, 0.1) is 5.52 Å². The van der Waals surface area contributed by atoms with Crippen LogP contribution in [0.4, 0.5) is 0 Å². The molecule has 0 aliphatic heterocycles. The molecule has 1 aliphatic rings. The van der Waals surface area contributed by atoms with E-state index in [4.69, 9.17) is 4.98 Å². The minimum absolute atomic E-state index is 0.102. The van der Waals surface area contributed by atoms with Crippen LogP contribution in [0.5, 0.6) is 0 Å². The van der Waals surface area contributed by atoms with Crippen LogP contribution in [0.25, 0.3) is 10.9 Å². The SMILES string of the molecule is CC(=O)c1ccc2nc(C3(C)CC3)ccc2c1. The van der Waals surface area contributed by atoms with Gasteiger partial charge >= 0.3 is 0 Å². The zero-order valence-electron chi connectivity index (χ0n) is 10.2. The van der Waals surface area contributed by atoms with E-state index in [1.165, 1.54) is 18.5 Å². The van der Waals surface area contributed by atoms with E-state index in [9.17, 15) is 4.79 Å². The van der Waals surface area contributed by atoms with Gasteiger partial charge in [-0.25, -0.2) is 0 Å². The first-order valence-electron chi connectivity index (χ1n) is 6.01. The first-order valence-corrected chi connectivity index (χ1v) is 6.01. The van der Waals surface area contributed by atoms with Gasteiger partial charge in [0, 0.05) is 22.1 Å². The highest BCUT2D eigenvalue weighted by atomic mass is 16.1. The van der Waals surface area contributed by atoms with Crippen LogP contribution in [0.2, 0.25) is 0 Å². The van der Waals surface area contributed by atoms with Crippen molar-refractivity contribution in [2.24, 2.45) is 0 Å². The number of fused-ring (bicyclic) bond motifs is 1. The van der Waals surface area contributed by atoms with Gasteiger partial charge in [0.1, 0.15) is 0 Å². The van der Waals surface area contributed by atoms with Gasteiger partial charge in [-0.05, 0) is 44.0 Å². The Morgan fingerprint density at radius 1 is 1.24 bits per heavy atom. The Morgan fingerprint density at radius 2 is 2.00 bits per heavy atom. The van der Waals surface area contributed by atoms with Crippen LogP contribution in [0.15, 0.2) is 30.3 Å². The van der Waals surface area contributed by atoms with Crippen LogP contribution in [0, 0.1) is 0 Å². The molecule has 2 nitrogen and oxygen atoms in total. The number of hydrogen-bond acceptors (Lipinski definition) is 2. The second kappa shape index (κ2) is 3.39. The maximum atomic E-state index is 11.3. The van der Waals surface area contributed by atoms with Crippen molar-refractivity contribution in [3.63, 3.8) is 0 Å². The van der Waals surface area contributed by atoms with Crippen molar-refractivity contribution in [3.8, 4) is 0 Å². The molecule has 2 heteroatoms. The van der Waals surface area contributed by atoms with Crippen molar-refractivity contribution >= 4 is 16.7 Å². The van der Waals surface area contributed by atoms with Gasteiger partial charge in [0.15, 0.2) is 5.78 Å². The molecule has 1 aliphatic carbocycles. The highest BCUT2D eigenvalue weighted by Gasteiger charge is 2.40. The molecule has 0 N–H and O–H groups in total. The van der Waals surface area contributed by atoms with E-state index >= 15 is 0 Å². The third kappa shape index (κ3) is 1.74. The summed E-state index contributed by atoms with van der Waals surface area (Å²) in [7, 11) is 0. The molecule has 0 spiro atoms. The minimum atomic E-state index is 0.102. The zero-order valence-corrected chi connectivity index (χ0v) is 10.2. The van der Waals surface area contributed by atoms with Crippen molar-refractivity contribution < 1.29 is 4.79 Å². The molecular formula is C15H15NO. The predicted octanol–water partition coefficient (Wildman–Crippen LogP) is 3.49. The molecular weight excluding hydrogens is 210 g/mol. The quantitative estimate of drug-likeness (QED) is 0.732. The van der Waals surface area contributed by atoms with Crippen LogP contribution >= 0.6 is 0 Å². The lowest BCUT2D eigenvalue weighted by Gasteiger charge is -2.09. The van der Waals surface area contributed by atoms with Crippen LogP contribution in [0.1, 0.15) is 42.7 Å². The van der Waals surface area contributed by atoms with Gasteiger partial charge in [-0.1, -0.05) is 13.0 Å². The number of benzene rings is 1. The summed E-state index contributed by atoms with van der Waals surface area (Å²) >= 11 is 0. The van der Waals surface area contributed by atoms with Crippen LogP contribution in [0.3, 0.4) is 0 Å². The van der Waals surface area contributed by atoms with E-state index in [2.05, 4.69) is 19.1 Å². The van der Waals surface area contributed by atoms with E-state index < -0.39 is 0 Å². The van der Waals surface area contributed by atoms with E-state index in [0.29, 0.717) is 5.41 Å². The van der Waals surface area contributed by atoms with E-state index in [-0.39, 0.29) is 5.78 Å². The molecule has 86 valence electrons. The molecule has 1 saturated carbocycles. The monoisotopic (exact) mass is 225 g/mol. The number of nitrogens with zero attached hydrogens (tertiary/aromatic N) is 1. The van der Waals surface area contributed by atoms with Gasteiger partial charge in [-0.3, -0.25) is 9.78 Å². The topological polar surface area (TPSA) is 30.0 Å². The Bertz CT molecular complexity index is 611. The third-order valence-electron chi connectivity index (χ3n) is 3.71. The Labute approximate surface area is 101 Å². The molecule has 1 fully saturated rings. The average Bonchev–Trinajstić information content (AvgIpc) is 3.07. The summed E-state index contributed by atoms with van der Waals surface area (Å²) in [6.45, 7) is 3.85. The maximum absolute atomic E-state index is 11.3. The number of carbonyl (C=O) groups excluding carboxylic acids is 1. The van der Waals surface area contributed by atoms with Crippen LogP contribution in [-0.4, -0.2) is 10.8 Å². The molecule has 0 amide bonds. The van der Waals surface area contributed by atoms with Crippen molar-refractivity contribution in [2.75, 3.05) is 0 Å². The fraction of sp³-hybridized carbons (Fsp3) is 0.333. The summed E-state index contributed by atoms with van der Waals surface area (Å²) in [6.07, 6.45) is 2.47. The Kier molecular flexibility index (Phi) is 2.09. The lowest BCUT2D eigenvalue weighted by Crippen LogP contribution is -2.03. The molecule has 17 heavy (non-hydrogen) atoms. The Morgan fingerprint density at radius 3 is 2.65 bits per heavy atom. The molecule has 0 bridgehead atoms. The largest absolute Gasteiger partial charge is 0.295 e. The number of Topliss-reactive ketones (excluding diaryl/α,β-unsaturated/α-hetero) is 1. The van der Waals surface area contributed by atoms with Crippen molar-refractivity contribution in [3.05, 3.63) is 41.6 Å². The second-order valence-electron chi connectivity index (χ2n) is 5.22. The number of pyridine rings is 1. The molecule has 3 rings (SSSR count). The lowest BCUT2D eigenvalue weighted by atomic mass is 10.0. The Hall–Kier alpha value is -1.70. The number of rotatable bonds is 2. The number of aromatic nitrogens is 1. The second-order valence-corrected chi connectivity index (χ2v) is 5.22. The minimum Gasteiger partial charge on any atom is -0.295 e. The van der Waals surface area contributed by atoms with Crippen molar-refractivity contribution in [2.45, 2.75) is 32.1 Å². The summed E-state index contributed by atoms with van der Waals surface area (Å²) < 4.78 is 0. The van der Waals surface area contributed by atoms with E-state index in [0.717, 1.165) is 16.5 Å². The zero-order chi connectivity index (χ0) is 12.0. The average molecular weight is 225 g/mol. The van der Waals surface area contributed by atoms with Gasteiger partial charge in [0.25, 0.3) is 0 Å². The van der Waals surface area contributed by atoms with Crippen molar-refractivity contribution in [1.82, 2.24) is 4.98 Å². The van der Waals surface area contributed by atoms with Gasteiger partial charge in [-0.2, -0.15) is 0 Å². The molecule has 1 aromatic carbocycles. The highest BCUT2D eigenvalue weighted by molar-refractivity contribution is 5.97. The van der Waals surface area contributed by atoms with E-state index in [1.54, 1.807) is 6.92 Å². The molecule has 0 unspecified atom stereocenters. The standard InChI is InChI=1S/C15H15NO/c1-10(17)11-3-5-13-12(9-11)4-6-14(16-13)15(2)7-8-15/h3-6,9H,7-8H2,1-2H3. The number of carbonyl (C=O) groups is 1. The molecule has 0 radical (unpaired) electrons. The summed E-state index contributed by atoms with van der Waals surface area (Å²) in [5.74, 6) is 0.102. The number of hydrogen-bond donors (Lipinski definition) is 0. The third-order valence-corrected chi connectivity index (χ3v) is 3.71. The van der Waals surface area contributed by atoms with Gasteiger partial charge < -0.3 is 0 Å². The molecule has 1 heterocycles. The fourth-order valence-electron chi connectivity index (χ4n) is 2.12. The normalized spacial score (nSPS) is 17.1. The van der Waals surface area contributed by atoms with E-state index in [1.807, 2.05) is 18.2 Å². The Balaban J connectivity index is 2.12. The molecule has 1 aromatic heterocycles. The summed E-state index contributed by atoms with van der Waals surface area (Å²) in [4.78, 5) is 16.0. The smallest absolute Gasteiger partial charge is 0.159 e. The first kappa shape index (κ1) is 10.5. The van der Waals surface area contributed by atoms with Gasteiger partial charge in [-0.15, -0.1) is 0 Å². The molecule has 0 saturated heterocycles. The maximum Gasteiger partial charge on any atom is 0.159 e. The molecule has 0 atom stereocenters. The van der Waals surface area contributed by atoms with Crippen LogP contribution in [-0.2, 0) is 5.41 Å².